The smallest absolute Gasteiger partial charge is 0.490 e. The van der Waals surface area contributed by atoms with E-state index in [1.807, 2.05) is 84.9 Å². The van der Waals surface area contributed by atoms with Crippen molar-refractivity contribution in [3.8, 4) is 5.75 Å². The second-order valence-electron chi connectivity index (χ2n) is 7.38. The summed E-state index contributed by atoms with van der Waals surface area (Å²) in [6.07, 6.45) is 4.86. The van der Waals surface area contributed by atoms with Crippen LogP contribution in [-0.2, 0) is 4.18 Å². The maximum absolute atomic E-state index is 11.8. The van der Waals surface area contributed by atoms with E-state index in [1.54, 1.807) is 0 Å². The number of hydrogen-bond acceptors (Lipinski definition) is 3. The van der Waals surface area contributed by atoms with Crippen LogP contribution in [0, 0.1) is 0 Å². The average Bonchev–Trinajstić information content (AvgIpc) is 2.80. The molecule has 0 heterocycles. The maximum Gasteiger partial charge on any atom is 0.517 e. The summed E-state index contributed by atoms with van der Waals surface area (Å²) in [5.74, 6) is 0.815. The lowest BCUT2D eigenvalue weighted by Gasteiger charge is -2.38. The average molecular weight is 423 g/mol. The molecule has 30 heavy (non-hydrogen) atoms. The topological polar surface area (TPSA) is 55.8 Å². The Morgan fingerprint density at radius 1 is 0.733 bits per heavy atom. The van der Waals surface area contributed by atoms with Crippen LogP contribution in [0.5, 0.6) is 5.75 Å². The van der Waals surface area contributed by atoms with Crippen LogP contribution >= 0.6 is 10.3 Å². The van der Waals surface area contributed by atoms with Gasteiger partial charge in [-0.2, -0.15) is 0 Å². The van der Waals surface area contributed by atoms with Gasteiger partial charge in [-0.25, -0.2) is 4.79 Å². The highest BCUT2D eigenvalue weighted by Gasteiger charge is 2.35. The van der Waals surface area contributed by atoms with Crippen molar-refractivity contribution in [3.63, 3.8) is 0 Å². The Balaban J connectivity index is 1.76. The molecule has 3 aromatic rings. The van der Waals surface area contributed by atoms with Crippen LogP contribution in [0.25, 0.3) is 0 Å². The summed E-state index contributed by atoms with van der Waals surface area (Å²) in [5.41, 5.74) is 0. The van der Waals surface area contributed by atoms with Crippen molar-refractivity contribution in [3.05, 3.63) is 84.9 Å². The van der Waals surface area contributed by atoms with Gasteiger partial charge in [-0.05, 0) is 84.5 Å². The number of ether oxygens (including phenoxy) is 1. The van der Waals surface area contributed by atoms with Gasteiger partial charge in [0.05, 0.1) is 6.10 Å². The van der Waals surface area contributed by atoms with Gasteiger partial charge in [0.15, 0.2) is 0 Å². The minimum atomic E-state index is -2.44. The molecule has 0 aromatic heterocycles. The van der Waals surface area contributed by atoms with Gasteiger partial charge in [-0.3, -0.25) is 0 Å². The highest BCUT2D eigenvalue weighted by atomic mass is 32.3. The predicted octanol–water partition coefficient (Wildman–Crippen LogP) is 7.29. The van der Waals surface area contributed by atoms with Gasteiger partial charge in [0.2, 0.25) is 0 Å². The van der Waals surface area contributed by atoms with Crippen LogP contribution in [0.3, 0.4) is 0 Å². The molecule has 0 unspecified atom stereocenters. The van der Waals surface area contributed by atoms with Crippen molar-refractivity contribution in [2.75, 3.05) is 0 Å². The summed E-state index contributed by atoms with van der Waals surface area (Å²) in [6.45, 7) is 0. The molecule has 1 saturated carbocycles. The Labute approximate surface area is 179 Å². The van der Waals surface area contributed by atoms with E-state index < -0.39 is 16.5 Å². The van der Waals surface area contributed by atoms with Gasteiger partial charge in [-0.15, -0.1) is 0 Å². The second-order valence-corrected chi connectivity index (χ2v) is 10.1. The zero-order chi connectivity index (χ0) is 20.8. The second kappa shape index (κ2) is 9.26. The normalized spacial score (nSPS) is 15.3. The molecule has 4 rings (SSSR count). The summed E-state index contributed by atoms with van der Waals surface area (Å²) >= 11 is 0. The summed E-state index contributed by atoms with van der Waals surface area (Å²) in [6, 6.07) is 26.9. The van der Waals surface area contributed by atoms with E-state index in [1.165, 1.54) is 19.3 Å². The van der Waals surface area contributed by atoms with E-state index in [0.717, 1.165) is 33.3 Å². The molecule has 1 N–H and O–H groups in total. The Morgan fingerprint density at radius 3 is 1.73 bits per heavy atom. The third-order valence-corrected chi connectivity index (χ3v) is 8.56. The SMILES string of the molecule is O=C(O)OS(c1ccccc1)(c1ccccc1)c1ccc(OC2CCCCC2)cc1. The fourth-order valence-electron chi connectivity index (χ4n) is 3.97. The number of hydrogen-bond donors (Lipinski definition) is 1. The van der Waals surface area contributed by atoms with Crippen molar-refractivity contribution in [2.45, 2.75) is 52.9 Å². The Hall–Kier alpha value is -2.92. The van der Waals surface area contributed by atoms with E-state index >= 15 is 0 Å². The van der Waals surface area contributed by atoms with Crippen LogP contribution in [-0.4, -0.2) is 17.4 Å². The van der Waals surface area contributed by atoms with Gasteiger partial charge in [0, 0.05) is 14.7 Å². The van der Waals surface area contributed by atoms with Crippen molar-refractivity contribution in [2.24, 2.45) is 0 Å². The minimum Gasteiger partial charge on any atom is -0.490 e. The molecule has 5 heteroatoms. The lowest BCUT2D eigenvalue weighted by molar-refractivity contribution is 0.150. The molecule has 0 spiro atoms. The molecule has 1 fully saturated rings. The molecule has 156 valence electrons. The fraction of sp³-hybridized carbons (Fsp3) is 0.240. The zero-order valence-electron chi connectivity index (χ0n) is 16.8. The quantitative estimate of drug-likeness (QED) is 0.453. The van der Waals surface area contributed by atoms with E-state index in [-0.39, 0.29) is 6.10 Å². The Morgan fingerprint density at radius 2 is 1.23 bits per heavy atom. The van der Waals surface area contributed by atoms with E-state index in [4.69, 9.17) is 8.92 Å². The number of benzene rings is 3. The minimum absolute atomic E-state index is 0.264. The number of rotatable bonds is 6. The molecular weight excluding hydrogens is 396 g/mol. The van der Waals surface area contributed by atoms with Gasteiger partial charge >= 0.3 is 6.16 Å². The molecule has 0 amide bonds. The van der Waals surface area contributed by atoms with Crippen molar-refractivity contribution in [1.82, 2.24) is 0 Å². The first-order valence-electron chi connectivity index (χ1n) is 10.3. The Kier molecular flexibility index (Phi) is 6.29. The highest BCUT2D eigenvalue weighted by molar-refractivity contribution is 8.30. The van der Waals surface area contributed by atoms with Crippen LogP contribution < -0.4 is 4.74 Å². The maximum atomic E-state index is 11.8. The van der Waals surface area contributed by atoms with Crippen molar-refractivity contribution in [1.29, 1.82) is 0 Å². The summed E-state index contributed by atoms with van der Waals surface area (Å²) in [7, 11) is -2.44. The zero-order valence-corrected chi connectivity index (χ0v) is 17.6. The molecule has 0 bridgehead atoms. The third-order valence-electron chi connectivity index (χ3n) is 5.36. The molecule has 0 saturated heterocycles. The summed E-state index contributed by atoms with van der Waals surface area (Å²) in [4.78, 5) is 14.3. The van der Waals surface area contributed by atoms with Crippen LogP contribution in [0.15, 0.2) is 99.6 Å². The van der Waals surface area contributed by atoms with Gasteiger partial charge < -0.3 is 14.0 Å². The van der Waals surface area contributed by atoms with Crippen molar-refractivity contribution < 1.29 is 18.8 Å². The molecule has 4 nitrogen and oxygen atoms in total. The van der Waals surface area contributed by atoms with Gasteiger partial charge in [0.25, 0.3) is 0 Å². The van der Waals surface area contributed by atoms with E-state index in [0.29, 0.717) is 0 Å². The van der Waals surface area contributed by atoms with Gasteiger partial charge in [-0.1, -0.05) is 42.8 Å². The standard InChI is InChI=1S/C25H26O4S/c26-25(27)29-30(22-12-6-2-7-13-22,23-14-8-3-9-15-23)24-18-16-21(17-19-24)28-20-10-4-1-5-11-20/h2-3,6-9,12-20H,1,4-5,10-11H2,(H,26,27). The summed E-state index contributed by atoms with van der Waals surface area (Å²) < 4.78 is 11.9. The number of carboxylic acid groups (broad SMARTS) is 1. The van der Waals surface area contributed by atoms with Crippen molar-refractivity contribution >= 4 is 16.5 Å². The molecule has 0 radical (unpaired) electrons. The molecular formula is C25H26O4S. The largest absolute Gasteiger partial charge is 0.517 e. The van der Waals surface area contributed by atoms with E-state index in [9.17, 15) is 9.90 Å². The predicted molar refractivity (Wildman–Crippen MR) is 118 cm³/mol. The first-order valence-corrected chi connectivity index (χ1v) is 11.9. The first kappa shape index (κ1) is 20.4. The first-order chi connectivity index (χ1) is 14.7. The van der Waals surface area contributed by atoms with E-state index in [2.05, 4.69) is 0 Å². The lowest BCUT2D eigenvalue weighted by Crippen LogP contribution is -2.19. The Bertz CT molecular complexity index is 912. The van der Waals surface area contributed by atoms with Crippen LogP contribution in [0.1, 0.15) is 32.1 Å². The summed E-state index contributed by atoms with van der Waals surface area (Å²) in [5, 5.41) is 9.68. The molecule has 1 aliphatic rings. The number of carbonyl (C=O) groups is 1. The van der Waals surface area contributed by atoms with Gasteiger partial charge in [0.1, 0.15) is 5.75 Å². The van der Waals surface area contributed by atoms with Crippen LogP contribution in [0.4, 0.5) is 4.79 Å². The highest BCUT2D eigenvalue weighted by Crippen LogP contribution is 2.69. The molecule has 3 aromatic carbocycles. The molecule has 0 atom stereocenters. The third kappa shape index (κ3) is 4.31. The molecule has 0 aliphatic heterocycles. The lowest BCUT2D eigenvalue weighted by atomic mass is 9.98. The monoisotopic (exact) mass is 422 g/mol. The molecule has 1 aliphatic carbocycles. The fourth-order valence-corrected chi connectivity index (χ4v) is 6.89. The van der Waals surface area contributed by atoms with Crippen LogP contribution in [0.2, 0.25) is 0 Å².